The number of anilines is 1. The van der Waals surface area contributed by atoms with Crippen molar-refractivity contribution >= 4 is 15.7 Å². The summed E-state index contributed by atoms with van der Waals surface area (Å²) in [4.78, 5) is 2.80. The predicted octanol–water partition coefficient (Wildman–Crippen LogP) is 1.78. The van der Waals surface area contributed by atoms with Crippen LogP contribution in [-0.4, -0.2) is 62.6 Å². The van der Waals surface area contributed by atoms with E-state index in [0.717, 1.165) is 32.5 Å². The summed E-state index contributed by atoms with van der Waals surface area (Å²) >= 11 is 0. The molecule has 0 spiro atoms. The second kappa shape index (κ2) is 7.61. The van der Waals surface area contributed by atoms with E-state index >= 15 is 0 Å². The molecule has 2 N–H and O–H groups in total. The molecule has 25 heavy (non-hydrogen) atoms. The van der Waals surface area contributed by atoms with Gasteiger partial charge in [-0.25, -0.2) is 8.42 Å². The van der Waals surface area contributed by atoms with E-state index in [1.54, 1.807) is 28.6 Å². The van der Waals surface area contributed by atoms with Crippen LogP contribution in [0.3, 0.4) is 0 Å². The van der Waals surface area contributed by atoms with Crippen LogP contribution in [0.15, 0.2) is 29.2 Å². The van der Waals surface area contributed by atoms with Gasteiger partial charge in [-0.2, -0.15) is 4.31 Å². The number of benzene rings is 1. The van der Waals surface area contributed by atoms with Crippen molar-refractivity contribution in [1.82, 2.24) is 9.21 Å². The Bertz CT molecular complexity index is 659. The molecule has 2 aliphatic rings. The molecule has 0 aromatic heterocycles. The zero-order chi connectivity index (χ0) is 18.0. The first-order valence-electron chi connectivity index (χ1n) is 9.08. The third-order valence-corrected chi connectivity index (χ3v) is 7.02. The van der Waals surface area contributed by atoms with Crippen molar-refractivity contribution in [3.8, 4) is 0 Å². The summed E-state index contributed by atoms with van der Waals surface area (Å²) in [5.41, 5.74) is 6.23. The maximum absolute atomic E-state index is 12.7. The van der Waals surface area contributed by atoms with Gasteiger partial charge in [0.2, 0.25) is 10.0 Å². The van der Waals surface area contributed by atoms with Gasteiger partial charge in [0, 0.05) is 38.4 Å². The summed E-state index contributed by atoms with van der Waals surface area (Å²) in [7, 11) is -3.41. The molecule has 0 saturated carbocycles. The molecule has 6 nitrogen and oxygen atoms in total. The fourth-order valence-electron chi connectivity index (χ4n) is 3.92. The third-order valence-electron chi connectivity index (χ3n) is 5.10. The molecule has 1 aromatic carbocycles. The Morgan fingerprint density at radius 1 is 1.08 bits per heavy atom. The highest BCUT2D eigenvalue weighted by Gasteiger charge is 2.31. The molecule has 0 aliphatic carbocycles. The molecule has 2 unspecified atom stereocenters. The molecular weight excluding hydrogens is 338 g/mol. The minimum atomic E-state index is -3.41. The summed E-state index contributed by atoms with van der Waals surface area (Å²) in [5, 5.41) is 0. The molecule has 3 rings (SSSR count). The predicted molar refractivity (Wildman–Crippen MR) is 98.8 cm³/mol. The van der Waals surface area contributed by atoms with E-state index in [-0.39, 0.29) is 12.2 Å². The summed E-state index contributed by atoms with van der Waals surface area (Å²) in [6, 6.07) is 6.46. The first-order valence-corrected chi connectivity index (χ1v) is 10.5. The lowest BCUT2D eigenvalue weighted by Gasteiger charge is -2.39. The highest BCUT2D eigenvalue weighted by Crippen LogP contribution is 2.25. The van der Waals surface area contributed by atoms with E-state index in [1.807, 2.05) is 0 Å². The minimum absolute atomic E-state index is 0.273. The second-order valence-corrected chi connectivity index (χ2v) is 9.33. The SMILES string of the molecule is CC1CN(CC2CCN(S(=O)(=O)c3ccc(N)cc3)CC2)CC(C)O1. The molecule has 2 fully saturated rings. The topological polar surface area (TPSA) is 75.9 Å². The number of sulfonamides is 1. The Kier molecular flexibility index (Phi) is 5.68. The van der Waals surface area contributed by atoms with Gasteiger partial charge in [0.1, 0.15) is 0 Å². The van der Waals surface area contributed by atoms with Gasteiger partial charge >= 0.3 is 0 Å². The van der Waals surface area contributed by atoms with Crippen molar-refractivity contribution in [2.24, 2.45) is 5.92 Å². The molecule has 2 aliphatic heterocycles. The third kappa shape index (κ3) is 4.53. The summed E-state index contributed by atoms with van der Waals surface area (Å²) in [6.45, 7) is 8.38. The van der Waals surface area contributed by atoms with Gasteiger partial charge in [-0.1, -0.05) is 0 Å². The average Bonchev–Trinajstić information content (AvgIpc) is 2.55. The normalized spacial score (nSPS) is 27.4. The highest BCUT2D eigenvalue weighted by atomic mass is 32.2. The number of rotatable bonds is 4. The van der Waals surface area contributed by atoms with Crippen LogP contribution in [0.1, 0.15) is 26.7 Å². The zero-order valence-electron chi connectivity index (χ0n) is 15.1. The zero-order valence-corrected chi connectivity index (χ0v) is 15.9. The molecule has 2 heterocycles. The van der Waals surface area contributed by atoms with E-state index < -0.39 is 10.0 Å². The van der Waals surface area contributed by atoms with Crippen LogP contribution in [-0.2, 0) is 14.8 Å². The number of morpholine rings is 1. The number of nitrogens with two attached hydrogens (primary N) is 1. The fraction of sp³-hybridized carbons (Fsp3) is 0.667. The number of hydrogen-bond donors (Lipinski definition) is 1. The van der Waals surface area contributed by atoms with E-state index in [4.69, 9.17) is 10.5 Å². The molecular formula is C18H29N3O3S. The largest absolute Gasteiger partial charge is 0.399 e. The summed E-state index contributed by atoms with van der Waals surface area (Å²) in [6.07, 6.45) is 2.37. The van der Waals surface area contributed by atoms with Gasteiger partial charge in [-0.15, -0.1) is 0 Å². The maximum atomic E-state index is 12.7. The van der Waals surface area contributed by atoms with Crippen LogP contribution in [0.2, 0.25) is 0 Å². The van der Waals surface area contributed by atoms with Crippen LogP contribution in [0, 0.1) is 5.92 Å². The number of nitrogen functional groups attached to an aromatic ring is 1. The highest BCUT2D eigenvalue weighted by molar-refractivity contribution is 7.89. The van der Waals surface area contributed by atoms with Crippen molar-refractivity contribution in [2.75, 3.05) is 38.5 Å². The molecule has 7 heteroatoms. The van der Waals surface area contributed by atoms with E-state index in [2.05, 4.69) is 18.7 Å². The number of piperidine rings is 1. The molecule has 2 saturated heterocycles. The lowest BCUT2D eigenvalue weighted by molar-refractivity contribution is -0.0726. The van der Waals surface area contributed by atoms with Crippen LogP contribution in [0.25, 0.3) is 0 Å². The van der Waals surface area contributed by atoms with Crippen molar-refractivity contribution in [3.63, 3.8) is 0 Å². The lowest BCUT2D eigenvalue weighted by Crippen LogP contribution is -2.48. The van der Waals surface area contributed by atoms with Crippen LogP contribution in [0.5, 0.6) is 0 Å². The molecule has 0 bridgehead atoms. The van der Waals surface area contributed by atoms with Gasteiger partial charge in [0.15, 0.2) is 0 Å². The van der Waals surface area contributed by atoms with Crippen molar-refractivity contribution < 1.29 is 13.2 Å². The van der Waals surface area contributed by atoms with Gasteiger partial charge in [-0.05, 0) is 56.9 Å². The van der Waals surface area contributed by atoms with Gasteiger partial charge < -0.3 is 10.5 Å². The first-order chi connectivity index (χ1) is 11.8. The first kappa shape index (κ1) is 18.6. The lowest BCUT2D eigenvalue weighted by atomic mass is 9.97. The second-order valence-electron chi connectivity index (χ2n) is 7.39. The molecule has 140 valence electrons. The average molecular weight is 368 g/mol. The quantitative estimate of drug-likeness (QED) is 0.821. The maximum Gasteiger partial charge on any atom is 0.243 e. The van der Waals surface area contributed by atoms with Crippen molar-refractivity contribution in [2.45, 2.75) is 43.8 Å². The molecule has 0 radical (unpaired) electrons. The van der Waals surface area contributed by atoms with Gasteiger partial charge in [-0.3, -0.25) is 4.90 Å². The van der Waals surface area contributed by atoms with Gasteiger partial charge in [0.25, 0.3) is 0 Å². The molecule has 0 amide bonds. The van der Waals surface area contributed by atoms with E-state index in [9.17, 15) is 8.42 Å². The Hall–Kier alpha value is -1.15. The Balaban J connectivity index is 1.55. The minimum Gasteiger partial charge on any atom is -0.399 e. The summed E-state index contributed by atoms with van der Waals surface area (Å²) in [5.74, 6) is 0.551. The van der Waals surface area contributed by atoms with Crippen molar-refractivity contribution in [1.29, 1.82) is 0 Å². The Labute approximate surface area is 151 Å². The number of hydrogen-bond acceptors (Lipinski definition) is 5. The van der Waals surface area contributed by atoms with E-state index in [1.165, 1.54) is 0 Å². The van der Waals surface area contributed by atoms with Gasteiger partial charge in [0.05, 0.1) is 17.1 Å². The van der Waals surface area contributed by atoms with Crippen LogP contribution >= 0.6 is 0 Å². The standard InChI is InChI=1S/C18H29N3O3S/c1-14-11-20(12-15(2)24-14)13-16-7-9-21(10-8-16)25(22,23)18-5-3-17(19)4-6-18/h3-6,14-16H,7-13,19H2,1-2H3. The summed E-state index contributed by atoms with van der Waals surface area (Å²) < 4.78 is 32.9. The molecule has 1 aromatic rings. The Morgan fingerprint density at radius 2 is 1.64 bits per heavy atom. The van der Waals surface area contributed by atoms with Crippen molar-refractivity contribution in [3.05, 3.63) is 24.3 Å². The van der Waals surface area contributed by atoms with Crippen LogP contribution in [0.4, 0.5) is 5.69 Å². The number of ether oxygens (including phenoxy) is 1. The fourth-order valence-corrected chi connectivity index (χ4v) is 5.39. The number of nitrogens with zero attached hydrogens (tertiary/aromatic N) is 2. The van der Waals surface area contributed by atoms with Crippen LogP contribution < -0.4 is 5.73 Å². The smallest absolute Gasteiger partial charge is 0.243 e. The Morgan fingerprint density at radius 3 is 2.20 bits per heavy atom. The molecule has 2 atom stereocenters. The monoisotopic (exact) mass is 367 g/mol. The van der Waals surface area contributed by atoms with E-state index in [0.29, 0.717) is 29.6 Å².